The molecule has 280 valence electrons. The van der Waals surface area contributed by atoms with Crippen LogP contribution < -0.4 is 15.0 Å². The number of aromatic nitrogens is 4. The van der Waals surface area contributed by atoms with Crippen LogP contribution >= 0.6 is 11.3 Å². The van der Waals surface area contributed by atoms with E-state index in [0.29, 0.717) is 41.6 Å². The number of carboxylic acid groups (broad SMARTS) is 1. The third-order valence-electron chi connectivity index (χ3n) is 12.7. The first kappa shape index (κ1) is 34.9. The van der Waals surface area contributed by atoms with E-state index in [4.69, 9.17) is 19.6 Å². The molecule has 12 heteroatoms. The summed E-state index contributed by atoms with van der Waals surface area (Å²) in [5.74, 6) is -0.103. The highest BCUT2D eigenvalue weighted by molar-refractivity contribution is 7.22. The Hall–Kier alpha value is -4.81. The van der Waals surface area contributed by atoms with Crippen LogP contribution in [0.3, 0.4) is 0 Å². The normalized spacial score (nSPS) is 26.9. The molecule has 2 N–H and O–H groups in total. The number of carboxylic acids is 1. The highest BCUT2D eigenvalue weighted by Gasteiger charge is 2.66. The van der Waals surface area contributed by atoms with Crippen molar-refractivity contribution in [2.75, 3.05) is 31.0 Å². The topological polar surface area (TPSA) is 132 Å². The minimum absolute atomic E-state index is 0.0199. The molecular weight excluding hydrogens is 701 g/mol. The number of rotatable bonds is 9. The quantitative estimate of drug-likeness (QED) is 0.153. The van der Waals surface area contributed by atoms with Crippen LogP contribution in [0.25, 0.3) is 21.3 Å². The second-order valence-corrected chi connectivity index (χ2v) is 18.2. The van der Waals surface area contributed by atoms with E-state index in [-0.39, 0.29) is 33.4 Å². The van der Waals surface area contributed by atoms with Crippen molar-refractivity contribution in [3.8, 4) is 16.9 Å². The molecule has 0 saturated heterocycles. The van der Waals surface area contributed by atoms with Crippen LogP contribution in [0, 0.1) is 23.2 Å². The number of methoxy groups -OCH3 is 2. The van der Waals surface area contributed by atoms with Crippen molar-refractivity contribution in [3.63, 3.8) is 0 Å². The van der Waals surface area contributed by atoms with E-state index in [1.807, 2.05) is 61.4 Å². The number of fused-ring (bicyclic) bond motifs is 2. The summed E-state index contributed by atoms with van der Waals surface area (Å²) >= 11 is 1.43. The van der Waals surface area contributed by atoms with Crippen molar-refractivity contribution < 1.29 is 24.2 Å². The second-order valence-electron chi connectivity index (χ2n) is 17.1. The van der Waals surface area contributed by atoms with E-state index in [2.05, 4.69) is 28.8 Å². The summed E-state index contributed by atoms with van der Waals surface area (Å²) < 4.78 is 15.1. The predicted octanol–water partition coefficient (Wildman–Crippen LogP) is 8.15. The van der Waals surface area contributed by atoms with Gasteiger partial charge in [-0.2, -0.15) is 5.10 Å². The third kappa shape index (κ3) is 5.76. The van der Waals surface area contributed by atoms with E-state index >= 15 is 0 Å². The number of carbonyl (C=O) groups is 2. The van der Waals surface area contributed by atoms with Gasteiger partial charge in [0.25, 0.3) is 5.91 Å². The lowest BCUT2D eigenvalue weighted by Crippen LogP contribution is -2.64. The van der Waals surface area contributed by atoms with E-state index in [9.17, 15) is 14.7 Å². The molecule has 11 nitrogen and oxygen atoms in total. The van der Waals surface area contributed by atoms with Gasteiger partial charge in [0, 0.05) is 54.7 Å². The Morgan fingerprint density at radius 1 is 0.926 bits per heavy atom. The van der Waals surface area contributed by atoms with Crippen LogP contribution in [0.1, 0.15) is 90.0 Å². The second kappa shape index (κ2) is 12.4. The fourth-order valence-corrected chi connectivity index (χ4v) is 12.6. The zero-order valence-corrected chi connectivity index (χ0v) is 32.3. The van der Waals surface area contributed by atoms with Crippen molar-refractivity contribution >= 4 is 44.4 Å². The smallest absolute Gasteiger partial charge is 0.355 e. The summed E-state index contributed by atoms with van der Waals surface area (Å²) in [6.45, 7) is 8.65. The first-order chi connectivity index (χ1) is 25.8. The molecule has 5 aromatic rings. The summed E-state index contributed by atoms with van der Waals surface area (Å²) in [5.41, 5.74) is 5.87. The number of hydrogen-bond acceptors (Lipinski definition) is 9. The Morgan fingerprint density at radius 2 is 1.70 bits per heavy atom. The van der Waals surface area contributed by atoms with Gasteiger partial charge in [-0.05, 0) is 110 Å². The maximum atomic E-state index is 13.7. The van der Waals surface area contributed by atoms with Gasteiger partial charge in [0.2, 0.25) is 0 Å². The largest absolute Gasteiger partial charge is 0.496 e. The van der Waals surface area contributed by atoms with Gasteiger partial charge in [-0.1, -0.05) is 37.3 Å². The number of carbonyl (C=O) groups excluding carboxylic acids is 1. The Labute approximate surface area is 318 Å². The fourth-order valence-electron chi connectivity index (χ4n) is 11.7. The van der Waals surface area contributed by atoms with Gasteiger partial charge in [0.05, 0.1) is 29.1 Å². The molecule has 1 aliphatic heterocycles. The number of pyridine rings is 1. The molecule has 2 unspecified atom stereocenters. The molecule has 4 bridgehead atoms. The molecule has 4 fully saturated rings. The van der Waals surface area contributed by atoms with Gasteiger partial charge in [-0.3, -0.25) is 14.8 Å². The van der Waals surface area contributed by atoms with Gasteiger partial charge in [-0.15, -0.1) is 0 Å². The zero-order valence-electron chi connectivity index (χ0n) is 31.5. The lowest BCUT2D eigenvalue weighted by Gasteiger charge is -2.69. The van der Waals surface area contributed by atoms with Crippen molar-refractivity contribution in [1.29, 1.82) is 0 Å². The molecule has 0 spiro atoms. The van der Waals surface area contributed by atoms with Crippen molar-refractivity contribution in [2.24, 2.45) is 16.2 Å². The molecule has 5 aliphatic rings. The van der Waals surface area contributed by atoms with Gasteiger partial charge in [0.15, 0.2) is 10.8 Å². The molecule has 1 amide bonds. The number of nitrogens with zero attached hydrogens (tertiary/aromatic N) is 5. The number of benzene rings is 2. The molecule has 4 heterocycles. The molecule has 10 rings (SSSR count). The Kier molecular flexibility index (Phi) is 7.99. The van der Waals surface area contributed by atoms with Crippen LogP contribution in [0.15, 0.2) is 54.7 Å². The molecule has 2 atom stereocenters. The fraction of sp³-hybridized carbons (Fsp3) is 0.452. The highest BCUT2D eigenvalue weighted by atomic mass is 32.1. The van der Waals surface area contributed by atoms with Crippen molar-refractivity contribution in [2.45, 2.75) is 84.4 Å². The minimum atomic E-state index is -1.10. The first-order valence-electron chi connectivity index (χ1n) is 18.8. The molecule has 54 heavy (non-hydrogen) atoms. The maximum Gasteiger partial charge on any atom is 0.355 e. The molecule has 4 aliphatic carbocycles. The van der Waals surface area contributed by atoms with Gasteiger partial charge >= 0.3 is 5.97 Å². The third-order valence-corrected chi connectivity index (χ3v) is 13.7. The summed E-state index contributed by atoms with van der Waals surface area (Å²) in [6.07, 6.45) is 9.22. The van der Waals surface area contributed by atoms with E-state index in [1.165, 1.54) is 17.8 Å². The number of anilines is 2. The molecule has 3 aromatic heterocycles. The van der Waals surface area contributed by atoms with Crippen molar-refractivity contribution in [3.05, 3.63) is 82.8 Å². The van der Waals surface area contributed by atoms with E-state index in [0.717, 1.165) is 77.0 Å². The Morgan fingerprint density at radius 3 is 2.43 bits per heavy atom. The van der Waals surface area contributed by atoms with Crippen LogP contribution in [0.2, 0.25) is 0 Å². The Balaban J connectivity index is 0.995. The van der Waals surface area contributed by atoms with Crippen LogP contribution in [0.5, 0.6) is 5.75 Å². The summed E-state index contributed by atoms with van der Waals surface area (Å²) in [6, 6.07) is 15.1. The number of thiazole rings is 1. The number of para-hydroxylation sites is 1. The van der Waals surface area contributed by atoms with Crippen LogP contribution in [0.4, 0.5) is 10.9 Å². The van der Waals surface area contributed by atoms with Gasteiger partial charge < -0.3 is 19.5 Å². The Bertz CT molecular complexity index is 2300. The summed E-state index contributed by atoms with van der Waals surface area (Å²) in [7, 11) is 3.52. The molecule has 0 radical (unpaired) electrons. The molecule has 4 saturated carbocycles. The average molecular weight is 747 g/mol. The van der Waals surface area contributed by atoms with E-state index < -0.39 is 5.97 Å². The maximum absolute atomic E-state index is 13.7. The number of aromatic carboxylic acids is 1. The first-order valence-corrected chi connectivity index (χ1v) is 19.6. The van der Waals surface area contributed by atoms with Gasteiger partial charge in [0.1, 0.15) is 11.6 Å². The SMILES string of the molecule is COc1ccc(C(=O)Nc2nc3ccccc3s2)c2c1CCN(c1ccc(-c3cnn(CC45CC6(C)CC(C)(C4)CC(OC)(C6)C5)c3C)c(C(=O)O)n1)C2. The lowest BCUT2D eigenvalue weighted by molar-refractivity contribution is -0.239. The van der Waals surface area contributed by atoms with Crippen LogP contribution in [-0.4, -0.2) is 63.1 Å². The molecular formula is C42H46N6O5S. The average Bonchev–Trinajstić information content (AvgIpc) is 3.70. The van der Waals surface area contributed by atoms with Crippen LogP contribution in [-0.2, 0) is 24.2 Å². The van der Waals surface area contributed by atoms with E-state index in [1.54, 1.807) is 19.4 Å². The van der Waals surface area contributed by atoms with Crippen molar-refractivity contribution in [1.82, 2.24) is 19.7 Å². The number of amides is 1. The minimum Gasteiger partial charge on any atom is -0.496 e. The predicted molar refractivity (Wildman–Crippen MR) is 209 cm³/mol. The lowest BCUT2D eigenvalue weighted by atomic mass is 9.39. The highest BCUT2D eigenvalue weighted by Crippen LogP contribution is 2.72. The summed E-state index contributed by atoms with van der Waals surface area (Å²) in [5, 5.41) is 18.9. The van der Waals surface area contributed by atoms with Gasteiger partial charge in [-0.25, -0.2) is 14.8 Å². The monoisotopic (exact) mass is 746 g/mol. The number of nitrogens with one attached hydrogen (secondary N) is 1. The summed E-state index contributed by atoms with van der Waals surface area (Å²) in [4.78, 5) is 38.0. The number of hydrogen-bond donors (Lipinski definition) is 2. The number of ether oxygens (including phenoxy) is 2. The zero-order chi connectivity index (χ0) is 37.6. The molecule has 2 aromatic carbocycles. The standard InChI is InChI=1S/C42H46N6O5S/c1-25-29(16-43-48(25)24-41-19-39(2)18-40(3,20-41)22-42(21-39,23-41)53-5)27-11-13-34(45-35(27)37(50)51)47-15-14-26-30(17-47)28(10-12-32(26)52-4)36(49)46-38-44-31-8-6-7-9-33(31)54-38/h6-13,16H,14-15,17-24H2,1-5H3,(H,50,51)(H,44,46,49).